The number of rotatable bonds is 5. The Labute approximate surface area is 130 Å². The molecule has 0 unspecified atom stereocenters. The molecule has 0 aliphatic carbocycles. The summed E-state index contributed by atoms with van der Waals surface area (Å²) >= 11 is 3.13. The average molecular weight is 351 g/mol. The first-order valence-electron chi connectivity index (χ1n) is 6.51. The van der Waals surface area contributed by atoms with Gasteiger partial charge in [-0.05, 0) is 54.0 Å². The van der Waals surface area contributed by atoms with Crippen molar-refractivity contribution >= 4 is 21.7 Å². The van der Waals surface area contributed by atoms with Crippen molar-refractivity contribution in [1.82, 2.24) is 9.55 Å². The van der Waals surface area contributed by atoms with Crippen molar-refractivity contribution in [2.24, 2.45) is 0 Å². The predicted molar refractivity (Wildman–Crippen MR) is 82.9 cm³/mol. The summed E-state index contributed by atoms with van der Waals surface area (Å²) < 4.78 is 7.02. The molecule has 0 bridgehead atoms. The summed E-state index contributed by atoms with van der Waals surface area (Å²) in [5, 5.41) is 0. The van der Waals surface area contributed by atoms with Crippen molar-refractivity contribution in [3.8, 4) is 5.75 Å². The minimum Gasteiger partial charge on any atom is -0.494 e. The van der Waals surface area contributed by atoms with Crippen LogP contribution >= 0.6 is 15.9 Å². The molecule has 0 saturated heterocycles. The van der Waals surface area contributed by atoms with Crippen LogP contribution in [0.25, 0.3) is 0 Å². The average Bonchev–Trinajstić information content (AvgIpc) is 2.48. The van der Waals surface area contributed by atoms with Gasteiger partial charge in [-0.3, -0.25) is 14.2 Å². The summed E-state index contributed by atoms with van der Waals surface area (Å²) in [6.07, 6.45) is 1.44. The first-order valence-corrected chi connectivity index (χ1v) is 7.30. The standard InChI is InChI=1S/C15H15BrN2O3/c1-3-21-12-6-4-11(5-7-12)14(19)9-18-10(2)17-8-13(16)15(18)20/h4-8H,3,9H2,1-2H3. The zero-order valence-corrected chi connectivity index (χ0v) is 13.4. The Balaban J connectivity index is 2.22. The summed E-state index contributed by atoms with van der Waals surface area (Å²) in [4.78, 5) is 28.3. The number of nitrogens with zero attached hydrogens (tertiary/aromatic N) is 2. The van der Waals surface area contributed by atoms with Gasteiger partial charge >= 0.3 is 0 Å². The number of Topliss-reactive ketones (excluding diaryl/α,β-unsaturated/α-hetero) is 1. The number of benzene rings is 1. The third-order valence-corrected chi connectivity index (χ3v) is 3.54. The Morgan fingerprint density at radius 1 is 1.33 bits per heavy atom. The third kappa shape index (κ3) is 3.58. The minimum absolute atomic E-state index is 0.0366. The number of hydrogen-bond acceptors (Lipinski definition) is 4. The molecule has 0 N–H and O–H groups in total. The van der Waals surface area contributed by atoms with Gasteiger partial charge in [0.25, 0.3) is 5.56 Å². The van der Waals surface area contributed by atoms with Crippen molar-refractivity contribution in [3.05, 3.63) is 56.7 Å². The number of ketones is 1. The molecule has 0 fully saturated rings. The largest absolute Gasteiger partial charge is 0.494 e. The Bertz CT molecular complexity index is 708. The fraction of sp³-hybridized carbons (Fsp3) is 0.267. The molecule has 5 nitrogen and oxygen atoms in total. The maximum atomic E-state index is 12.3. The van der Waals surface area contributed by atoms with E-state index >= 15 is 0 Å². The van der Waals surface area contributed by atoms with E-state index in [0.29, 0.717) is 28.2 Å². The topological polar surface area (TPSA) is 61.2 Å². The highest BCUT2D eigenvalue weighted by atomic mass is 79.9. The van der Waals surface area contributed by atoms with E-state index in [1.54, 1.807) is 31.2 Å². The van der Waals surface area contributed by atoms with E-state index in [0.717, 1.165) is 0 Å². The molecule has 0 aliphatic heterocycles. The number of ether oxygens (including phenoxy) is 1. The SMILES string of the molecule is CCOc1ccc(C(=O)Cn2c(C)ncc(Br)c2=O)cc1. The molecule has 2 aromatic rings. The number of aromatic nitrogens is 2. The van der Waals surface area contributed by atoms with Gasteiger partial charge in [-0.25, -0.2) is 4.98 Å². The van der Waals surface area contributed by atoms with Crippen LogP contribution in [-0.4, -0.2) is 21.9 Å². The maximum Gasteiger partial charge on any atom is 0.268 e. The van der Waals surface area contributed by atoms with Gasteiger partial charge in [0.1, 0.15) is 16.0 Å². The second-order valence-electron chi connectivity index (χ2n) is 4.43. The first-order chi connectivity index (χ1) is 10.0. The molecule has 21 heavy (non-hydrogen) atoms. The van der Waals surface area contributed by atoms with Gasteiger partial charge in [0.05, 0.1) is 13.2 Å². The van der Waals surface area contributed by atoms with E-state index in [1.807, 2.05) is 6.92 Å². The minimum atomic E-state index is -0.262. The number of carbonyl (C=O) groups is 1. The van der Waals surface area contributed by atoms with Crippen LogP contribution in [0.3, 0.4) is 0 Å². The van der Waals surface area contributed by atoms with Crippen LogP contribution in [0.2, 0.25) is 0 Å². The fourth-order valence-electron chi connectivity index (χ4n) is 1.88. The molecule has 1 heterocycles. The van der Waals surface area contributed by atoms with Crippen LogP contribution in [-0.2, 0) is 6.54 Å². The van der Waals surface area contributed by atoms with E-state index in [1.165, 1.54) is 10.8 Å². The van der Waals surface area contributed by atoms with Crippen LogP contribution < -0.4 is 10.3 Å². The van der Waals surface area contributed by atoms with Crippen LogP contribution in [0.5, 0.6) is 5.75 Å². The summed E-state index contributed by atoms with van der Waals surface area (Å²) in [5.74, 6) is 1.07. The second-order valence-corrected chi connectivity index (χ2v) is 5.28. The second kappa shape index (κ2) is 6.67. The smallest absolute Gasteiger partial charge is 0.268 e. The molecule has 0 amide bonds. The van der Waals surface area contributed by atoms with E-state index in [2.05, 4.69) is 20.9 Å². The molecular weight excluding hydrogens is 336 g/mol. The van der Waals surface area contributed by atoms with Crippen LogP contribution in [0.15, 0.2) is 39.7 Å². The van der Waals surface area contributed by atoms with E-state index in [9.17, 15) is 9.59 Å². The maximum absolute atomic E-state index is 12.3. The van der Waals surface area contributed by atoms with Gasteiger partial charge in [0.15, 0.2) is 5.78 Å². The molecule has 110 valence electrons. The number of halogens is 1. The summed E-state index contributed by atoms with van der Waals surface area (Å²) in [6, 6.07) is 6.87. The van der Waals surface area contributed by atoms with Gasteiger partial charge in [-0.1, -0.05) is 0 Å². The lowest BCUT2D eigenvalue weighted by Crippen LogP contribution is -2.27. The highest BCUT2D eigenvalue weighted by Gasteiger charge is 2.12. The molecule has 2 rings (SSSR count). The molecule has 0 saturated carbocycles. The van der Waals surface area contributed by atoms with E-state index in [-0.39, 0.29) is 17.9 Å². The van der Waals surface area contributed by atoms with Crippen molar-refractivity contribution in [3.63, 3.8) is 0 Å². The zero-order valence-electron chi connectivity index (χ0n) is 11.8. The predicted octanol–water partition coefficient (Wildman–Crippen LogP) is 2.60. The molecule has 1 aromatic heterocycles. The highest BCUT2D eigenvalue weighted by Crippen LogP contribution is 2.13. The molecule has 6 heteroatoms. The Morgan fingerprint density at radius 3 is 2.62 bits per heavy atom. The van der Waals surface area contributed by atoms with Gasteiger partial charge in [0, 0.05) is 11.8 Å². The van der Waals surface area contributed by atoms with Gasteiger partial charge < -0.3 is 4.74 Å². The van der Waals surface area contributed by atoms with Gasteiger partial charge in [-0.15, -0.1) is 0 Å². The van der Waals surface area contributed by atoms with E-state index < -0.39 is 0 Å². The fourth-order valence-corrected chi connectivity index (χ4v) is 2.19. The first kappa shape index (κ1) is 15.4. The quantitative estimate of drug-likeness (QED) is 0.777. The Hall–Kier alpha value is -1.95. The lowest BCUT2D eigenvalue weighted by atomic mass is 10.1. The number of carbonyl (C=O) groups excluding carboxylic acids is 1. The van der Waals surface area contributed by atoms with E-state index in [4.69, 9.17) is 4.74 Å². The molecule has 0 radical (unpaired) electrons. The summed E-state index contributed by atoms with van der Waals surface area (Å²) in [5.41, 5.74) is 0.270. The molecular formula is C15H15BrN2O3. The summed E-state index contributed by atoms with van der Waals surface area (Å²) in [6.45, 7) is 4.13. The zero-order chi connectivity index (χ0) is 15.4. The van der Waals surface area contributed by atoms with Crippen molar-refractivity contribution in [2.45, 2.75) is 20.4 Å². The summed E-state index contributed by atoms with van der Waals surface area (Å²) in [7, 11) is 0. The molecule has 1 aromatic carbocycles. The third-order valence-electron chi connectivity index (χ3n) is 2.99. The lowest BCUT2D eigenvalue weighted by molar-refractivity contribution is 0.0969. The number of aryl methyl sites for hydroxylation is 1. The van der Waals surface area contributed by atoms with Gasteiger partial charge in [-0.2, -0.15) is 0 Å². The molecule has 0 spiro atoms. The Kier molecular flexibility index (Phi) is 4.90. The molecule has 0 aliphatic rings. The van der Waals surface area contributed by atoms with Crippen LogP contribution in [0, 0.1) is 6.92 Å². The lowest BCUT2D eigenvalue weighted by Gasteiger charge is -2.09. The monoisotopic (exact) mass is 350 g/mol. The van der Waals surface area contributed by atoms with Gasteiger partial charge in [0.2, 0.25) is 0 Å². The Morgan fingerprint density at radius 2 is 2.00 bits per heavy atom. The van der Waals surface area contributed by atoms with Crippen LogP contribution in [0.1, 0.15) is 23.1 Å². The highest BCUT2D eigenvalue weighted by molar-refractivity contribution is 9.10. The normalized spacial score (nSPS) is 10.4. The van der Waals surface area contributed by atoms with Crippen molar-refractivity contribution < 1.29 is 9.53 Å². The van der Waals surface area contributed by atoms with Crippen LogP contribution in [0.4, 0.5) is 0 Å². The molecule has 0 atom stereocenters. The van der Waals surface area contributed by atoms with Crippen molar-refractivity contribution in [1.29, 1.82) is 0 Å². The van der Waals surface area contributed by atoms with Crippen molar-refractivity contribution in [2.75, 3.05) is 6.61 Å². The number of hydrogen-bond donors (Lipinski definition) is 0.